The maximum absolute atomic E-state index is 12.0. The van der Waals surface area contributed by atoms with E-state index < -0.39 is 5.41 Å². The Morgan fingerprint density at radius 2 is 2.05 bits per heavy atom. The molecule has 0 radical (unpaired) electrons. The monoisotopic (exact) mass is 261 g/mol. The van der Waals surface area contributed by atoms with Gasteiger partial charge in [-0.15, -0.1) is 0 Å². The molecule has 0 atom stereocenters. The van der Waals surface area contributed by atoms with Crippen molar-refractivity contribution in [3.8, 4) is 0 Å². The van der Waals surface area contributed by atoms with E-state index in [9.17, 15) is 9.90 Å². The van der Waals surface area contributed by atoms with Gasteiger partial charge in [-0.1, -0.05) is 24.6 Å². The number of nitrogens with one attached hydrogen (secondary N) is 1. The SMILES string of the molecule is Cc1ccc(CCNC(=O)C2(CO)CCC2)cc1C. The van der Waals surface area contributed by atoms with E-state index in [1.807, 2.05) is 0 Å². The fourth-order valence-corrected chi connectivity index (χ4v) is 2.53. The Kier molecular flexibility index (Phi) is 4.25. The summed E-state index contributed by atoms with van der Waals surface area (Å²) in [6.45, 7) is 4.82. The van der Waals surface area contributed by atoms with Crippen LogP contribution in [0.25, 0.3) is 0 Å². The van der Waals surface area contributed by atoms with Crippen molar-refractivity contribution in [3.05, 3.63) is 34.9 Å². The summed E-state index contributed by atoms with van der Waals surface area (Å²) >= 11 is 0. The lowest BCUT2D eigenvalue weighted by atomic mass is 9.68. The molecule has 3 nitrogen and oxygen atoms in total. The molecule has 1 aliphatic rings. The molecule has 1 saturated carbocycles. The maximum Gasteiger partial charge on any atom is 0.228 e. The van der Waals surface area contributed by atoms with Crippen LogP contribution in [0.15, 0.2) is 18.2 Å². The highest BCUT2D eigenvalue weighted by molar-refractivity contribution is 5.83. The van der Waals surface area contributed by atoms with Crippen LogP contribution >= 0.6 is 0 Å². The fourth-order valence-electron chi connectivity index (χ4n) is 2.53. The van der Waals surface area contributed by atoms with Crippen LogP contribution in [0.2, 0.25) is 0 Å². The summed E-state index contributed by atoms with van der Waals surface area (Å²) in [6, 6.07) is 6.40. The summed E-state index contributed by atoms with van der Waals surface area (Å²) in [5.41, 5.74) is 3.34. The van der Waals surface area contributed by atoms with Crippen molar-refractivity contribution in [1.29, 1.82) is 0 Å². The highest BCUT2D eigenvalue weighted by Crippen LogP contribution is 2.40. The van der Waals surface area contributed by atoms with E-state index in [-0.39, 0.29) is 12.5 Å². The van der Waals surface area contributed by atoms with Crippen molar-refractivity contribution in [1.82, 2.24) is 5.32 Å². The summed E-state index contributed by atoms with van der Waals surface area (Å²) in [5.74, 6) is 0.0186. The van der Waals surface area contributed by atoms with E-state index in [2.05, 4.69) is 37.4 Å². The summed E-state index contributed by atoms with van der Waals surface area (Å²) in [7, 11) is 0. The molecule has 1 aliphatic carbocycles. The van der Waals surface area contributed by atoms with Crippen LogP contribution in [0.1, 0.15) is 36.0 Å². The van der Waals surface area contributed by atoms with Crippen LogP contribution in [0.3, 0.4) is 0 Å². The van der Waals surface area contributed by atoms with E-state index in [1.54, 1.807) is 0 Å². The second kappa shape index (κ2) is 5.74. The van der Waals surface area contributed by atoms with Gasteiger partial charge in [0.05, 0.1) is 12.0 Å². The average Bonchev–Trinajstić information content (AvgIpc) is 2.33. The van der Waals surface area contributed by atoms with Crippen molar-refractivity contribution < 1.29 is 9.90 Å². The Morgan fingerprint density at radius 3 is 2.58 bits per heavy atom. The lowest BCUT2D eigenvalue weighted by Crippen LogP contribution is -2.48. The fraction of sp³-hybridized carbons (Fsp3) is 0.562. The minimum Gasteiger partial charge on any atom is -0.395 e. The van der Waals surface area contributed by atoms with Crippen molar-refractivity contribution in [3.63, 3.8) is 0 Å². The van der Waals surface area contributed by atoms with Gasteiger partial charge in [-0.2, -0.15) is 0 Å². The van der Waals surface area contributed by atoms with Crippen LogP contribution in [-0.2, 0) is 11.2 Å². The average molecular weight is 261 g/mol. The molecule has 2 N–H and O–H groups in total. The second-order valence-electron chi connectivity index (χ2n) is 5.72. The van der Waals surface area contributed by atoms with Gasteiger partial charge in [-0.25, -0.2) is 0 Å². The molecule has 0 spiro atoms. The van der Waals surface area contributed by atoms with Crippen molar-refractivity contribution in [2.45, 2.75) is 39.5 Å². The number of benzene rings is 1. The number of carbonyl (C=O) groups is 1. The third-order valence-electron chi connectivity index (χ3n) is 4.37. The molecule has 0 unspecified atom stereocenters. The van der Waals surface area contributed by atoms with E-state index >= 15 is 0 Å². The number of hydrogen-bond acceptors (Lipinski definition) is 2. The standard InChI is InChI=1S/C16H23NO2/c1-12-4-5-14(10-13(12)2)6-9-17-15(19)16(11-18)7-3-8-16/h4-5,10,18H,3,6-9,11H2,1-2H3,(H,17,19). The molecule has 1 fully saturated rings. The van der Waals surface area contributed by atoms with Gasteiger partial charge in [0, 0.05) is 6.54 Å². The Hall–Kier alpha value is -1.35. The molecule has 0 saturated heterocycles. The molecule has 1 amide bonds. The van der Waals surface area contributed by atoms with Crippen LogP contribution in [0.4, 0.5) is 0 Å². The molecule has 3 heteroatoms. The Bertz CT molecular complexity index is 458. The number of hydrogen-bond donors (Lipinski definition) is 2. The number of carbonyl (C=O) groups excluding carboxylic acids is 1. The zero-order valence-corrected chi connectivity index (χ0v) is 11.8. The van der Waals surface area contributed by atoms with Gasteiger partial charge < -0.3 is 10.4 Å². The van der Waals surface area contributed by atoms with Crippen LogP contribution in [0.5, 0.6) is 0 Å². The third kappa shape index (κ3) is 2.98. The van der Waals surface area contributed by atoms with Crippen LogP contribution in [-0.4, -0.2) is 24.2 Å². The Labute approximate surface area is 115 Å². The Balaban J connectivity index is 1.83. The second-order valence-corrected chi connectivity index (χ2v) is 5.72. The van der Waals surface area contributed by atoms with Gasteiger partial charge in [0.15, 0.2) is 0 Å². The van der Waals surface area contributed by atoms with E-state index in [0.29, 0.717) is 6.54 Å². The third-order valence-corrected chi connectivity index (χ3v) is 4.37. The summed E-state index contributed by atoms with van der Waals surface area (Å²) in [4.78, 5) is 12.0. The van der Waals surface area contributed by atoms with E-state index in [1.165, 1.54) is 16.7 Å². The van der Waals surface area contributed by atoms with E-state index in [4.69, 9.17) is 0 Å². The summed E-state index contributed by atoms with van der Waals surface area (Å²) in [5, 5.41) is 12.3. The van der Waals surface area contributed by atoms with Crippen LogP contribution < -0.4 is 5.32 Å². The molecule has 0 aromatic heterocycles. The molecule has 0 heterocycles. The van der Waals surface area contributed by atoms with Gasteiger partial charge >= 0.3 is 0 Å². The molecule has 19 heavy (non-hydrogen) atoms. The van der Waals surface area contributed by atoms with Gasteiger partial charge in [0.25, 0.3) is 0 Å². The normalized spacial score (nSPS) is 16.8. The molecule has 1 aromatic carbocycles. The molecule has 0 aliphatic heterocycles. The first kappa shape index (κ1) is 14.1. The van der Waals surface area contributed by atoms with Gasteiger partial charge in [-0.3, -0.25) is 4.79 Å². The quantitative estimate of drug-likeness (QED) is 0.853. The first-order valence-electron chi connectivity index (χ1n) is 7.03. The number of amides is 1. The lowest BCUT2D eigenvalue weighted by Gasteiger charge is -2.38. The molecule has 2 rings (SSSR count). The van der Waals surface area contributed by atoms with Gasteiger partial charge in [0.1, 0.15) is 0 Å². The van der Waals surface area contributed by atoms with Crippen molar-refractivity contribution >= 4 is 5.91 Å². The minimum atomic E-state index is -0.483. The Morgan fingerprint density at radius 1 is 1.32 bits per heavy atom. The molecular weight excluding hydrogens is 238 g/mol. The van der Waals surface area contributed by atoms with Crippen molar-refractivity contribution in [2.24, 2.45) is 5.41 Å². The molecule has 0 bridgehead atoms. The maximum atomic E-state index is 12.0. The van der Waals surface area contributed by atoms with Crippen molar-refractivity contribution in [2.75, 3.05) is 13.2 Å². The first-order chi connectivity index (χ1) is 9.07. The number of aliphatic hydroxyl groups excluding tert-OH is 1. The summed E-state index contributed by atoms with van der Waals surface area (Å²) < 4.78 is 0. The molecular formula is C16H23NO2. The number of aliphatic hydroxyl groups is 1. The predicted molar refractivity (Wildman–Crippen MR) is 76.0 cm³/mol. The minimum absolute atomic E-state index is 0.0186. The zero-order chi connectivity index (χ0) is 13.9. The highest BCUT2D eigenvalue weighted by atomic mass is 16.3. The molecule has 104 valence electrons. The smallest absolute Gasteiger partial charge is 0.228 e. The van der Waals surface area contributed by atoms with Crippen LogP contribution in [0, 0.1) is 19.3 Å². The van der Waals surface area contributed by atoms with Gasteiger partial charge in [0.2, 0.25) is 5.91 Å². The van der Waals surface area contributed by atoms with E-state index in [0.717, 1.165) is 25.7 Å². The van der Waals surface area contributed by atoms with Gasteiger partial charge in [-0.05, 0) is 49.8 Å². The highest BCUT2D eigenvalue weighted by Gasteiger charge is 2.43. The molecule has 1 aromatic rings. The topological polar surface area (TPSA) is 49.3 Å². The largest absolute Gasteiger partial charge is 0.395 e. The predicted octanol–water partition coefficient (Wildman–Crippen LogP) is 2.12. The zero-order valence-electron chi connectivity index (χ0n) is 11.8. The lowest BCUT2D eigenvalue weighted by molar-refractivity contribution is -0.139. The number of aryl methyl sites for hydroxylation is 2. The number of rotatable bonds is 5. The summed E-state index contributed by atoms with van der Waals surface area (Å²) in [6.07, 6.45) is 3.53. The first-order valence-corrected chi connectivity index (χ1v) is 7.03.